The third-order valence-corrected chi connectivity index (χ3v) is 6.22. The van der Waals surface area contributed by atoms with Gasteiger partial charge in [-0.05, 0) is 43.4 Å². The molecule has 8 heteroatoms. The maximum absolute atomic E-state index is 12.8. The van der Waals surface area contributed by atoms with Gasteiger partial charge in [0.25, 0.3) is 5.69 Å². The highest BCUT2D eigenvalue weighted by Gasteiger charge is 2.36. The third-order valence-electron chi connectivity index (χ3n) is 4.32. The molecule has 22 heavy (non-hydrogen) atoms. The van der Waals surface area contributed by atoms with Crippen molar-refractivity contribution in [2.45, 2.75) is 38.1 Å². The third kappa shape index (κ3) is 2.99. The Hall–Kier alpha value is -1.51. The smallest absolute Gasteiger partial charge is 0.289 e. The van der Waals surface area contributed by atoms with Gasteiger partial charge in [-0.25, -0.2) is 8.42 Å². The number of nitro groups is 1. The first kappa shape index (κ1) is 16.9. The summed E-state index contributed by atoms with van der Waals surface area (Å²) in [4.78, 5) is 10.4. The van der Waals surface area contributed by atoms with Crippen molar-refractivity contribution in [2.75, 3.05) is 13.1 Å². The Balaban J connectivity index is 2.50. The lowest BCUT2D eigenvalue weighted by Crippen LogP contribution is -2.48. The largest absolute Gasteiger partial charge is 0.327 e. The first-order valence-corrected chi connectivity index (χ1v) is 8.60. The number of hydrogen-bond donors (Lipinski definition) is 1. The molecule has 0 bridgehead atoms. The summed E-state index contributed by atoms with van der Waals surface area (Å²) in [6.45, 7) is 5.93. The summed E-state index contributed by atoms with van der Waals surface area (Å²) in [5, 5.41) is 11.2. The van der Waals surface area contributed by atoms with Gasteiger partial charge in [0.15, 0.2) is 4.90 Å². The number of rotatable bonds is 3. The zero-order valence-electron chi connectivity index (χ0n) is 12.9. The van der Waals surface area contributed by atoms with Gasteiger partial charge in [0.1, 0.15) is 0 Å². The van der Waals surface area contributed by atoms with E-state index >= 15 is 0 Å². The van der Waals surface area contributed by atoms with Crippen molar-refractivity contribution in [2.24, 2.45) is 11.7 Å². The van der Waals surface area contributed by atoms with Crippen molar-refractivity contribution in [3.63, 3.8) is 0 Å². The van der Waals surface area contributed by atoms with Crippen LogP contribution in [0.2, 0.25) is 0 Å². The number of benzene rings is 1. The van der Waals surface area contributed by atoms with Crippen LogP contribution >= 0.6 is 0 Å². The molecule has 1 heterocycles. The molecule has 0 aliphatic carbocycles. The van der Waals surface area contributed by atoms with Crippen LogP contribution in [0.5, 0.6) is 0 Å². The normalized spacial score (nSPS) is 23.5. The Labute approximate surface area is 130 Å². The van der Waals surface area contributed by atoms with Gasteiger partial charge < -0.3 is 5.73 Å². The number of sulfonamides is 1. The lowest BCUT2D eigenvalue weighted by molar-refractivity contribution is -0.387. The minimum Gasteiger partial charge on any atom is -0.327 e. The molecule has 1 aromatic carbocycles. The highest BCUT2D eigenvalue weighted by molar-refractivity contribution is 7.89. The molecule has 2 N–H and O–H groups in total. The first-order chi connectivity index (χ1) is 10.1. The second-order valence-corrected chi connectivity index (χ2v) is 7.86. The van der Waals surface area contributed by atoms with E-state index in [1.807, 2.05) is 6.92 Å². The van der Waals surface area contributed by atoms with E-state index in [0.29, 0.717) is 17.5 Å². The molecule has 0 radical (unpaired) electrons. The van der Waals surface area contributed by atoms with Crippen molar-refractivity contribution in [3.05, 3.63) is 33.4 Å². The minimum atomic E-state index is -3.90. The van der Waals surface area contributed by atoms with Crippen molar-refractivity contribution in [1.82, 2.24) is 4.31 Å². The van der Waals surface area contributed by atoms with E-state index in [1.54, 1.807) is 13.8 Å². The molecule has 1 aromatic rings. The fourth-order valence-corrected chi connectivity index (χ4v) is 4.39. The highest BCUT2D eigenvalue weighted by Crippen LogP contribution is 2.31. The van der Waals surface area contributed by atoms with E-state index in [1.165, 1.54) is 16.4 Å². The monoisotopic (exact) mass is 327 g/mol. The topological polar surface area (TPSA) is 107 Å². The van der Waals surface area contributed by atoms with Crippen molar-refractivity contribution in [1.29, 1.82) is 0 Å². The van der Waals surface area contributed by atoms with E-state index in [0.717, 1.165) is 0 Å². The number of nitrogens with two attached hydrogens (primary N) is 1. The molecule has 1 saturated heterocycles. The van der Waals surface area contributed by atoms with Crippen molar-refractivity contribution < 1.29 is 13.3 Å². The van der Waals surface area contributed by atoms with E-state index in [9.17, 15) is 18.5 Å². The molecular formula is C14H21N3O4S. The predicted octanol–water partition coefficient (Wildman–Crippen LogP) is 1.57. The number of nitrogens with zero attached hydrogens (tertiary/aromatic N) is 2. The van der Waals surface area contributed by atoms with Gasteiger partial charge in [0.2, 0.25) is 10.0 Å². The summed E-state index contributed by atoms with van der Waals surface area (Å²) >= 11 is 0. The zero-order chi connectivity index (χ0) is 16.7. The number of nitro benzene ring substituents is 1. The quantitative estimate of drug-likeness (QED) is 0.670. The van der Waals surface area contributed by atoms with Gasteiger partial charge >= 0.3 is 0 Å². The molecule has 2 unspecified atom stereocenters. The van der Waals surface area contributed by atoms with E-state index in [2.05, 4.69) is 0 Å². The summed E-state index contributed by atoms with van der Waals surface area (Å²) in [5.41, 5.74) is 6.95. The lowest BCUT2D eigenvalue weighted by atomic mass is 9.96. The Kier molecular flexibility index (Phi) is 4.55. The standard InChI is InChI=1S/C14H21N3O4S/c1-9-6-13(17(18)19)14(7-10(9)2)22(20,21)16-5-4-12(15)11(3)8-16/h6-7,11-12H,4-5,8,15H2,1-3H3. The molecule has 0 aromatic heterocycles. The van der Waals surface area contributed by atoms with Crippen LogP contribution in [0.3, 0.4) is 0 Å². The molecule has 0 amide bonds. The molecule has 0 spiro atoms. The maximum atomic E-state index is 12.8. The maximum Gasteiger partial charge on any atom is 0.289 e. The molecule has 1 fully saturated rings. The molecule has 1 aliphatic heterocycles. The van der Waals surface area contributed by atoms with Crippen molar-refractivity contribution in [3.8, 4) is 0 Å². The second kappa shape index (κ2) is 5.94. The Morgan fingerprint density at radius 2 is 1.91 bits per heavy atom. The van der Waals surface area contributed by atoms with Crippen LogP contribution in [-0.4, -0.2) is 36.8 Å². The average Bonchev–Trinajstić information content (AvgIpc) is 2.43. The molecular weight excluding hydrogens is 306 g/mol. The summed E-state index contributed by atoms with van der Waals surface area (Å²) in [7, 11) is -3.90. The summed E-state index contributed by atoms with van der Waals surface area (Å²) < 4.78 is 26.9. The van der Waals surface area contributed by atoms with Crippen LogP contribution < -0.4 is 5.73 Å². The molecule has 2 atom stereocenters. The van der Waals surface area contributed by atoms with E-state index in [4.69, 9.17) is 5.73 Å². The fraction of sp³-hybridized carbons (Fsp3) is 0.571. The molecule has 2 rings (SSSR count). The van der Waals surface area contributed by atoms with E-state index < -0.39 is 14.9 Å². The number of aryl methyl sites for hydroxylation is 2. The number of hydrogen-bond acceptors (Lipinski definition) is 5. The van der Waals surface area contributed by atoms with Gasteiger partial charge in [-0.15, -0.1) is 0 Å². The fourth-order valence-electron chi connectivity index (χ4n) is 2.61. The molecule has 122 valence electrons. The molecule has 1 aliphatic rings. The predicted molar refractivity (Wildman–Crippen MR) is 83.1 cm³/mol. The zero-order valence-corrected chi connectivity index (χ0v) is 13.8. The summed E-state index contributed by atoms with van der Waals surface area (Å²) in [5.74, 6) is 0.0223. The highest BCUT2D eigenvalue weighted by atomic mass is 32.2. The summed E-state index contributed by atoms with van der Waals surface area (Å²) in [6, 6.07) is 2.67. The van der Waals surface area contributed by atoms with Crippen LogP contribution in [0.1, 0.15) is 24.5 Å². The van der Waals surface area contributed by atoms with Gasteiger partial charge in [-0.1, -0.05) is 6.92 Å². The Morgan fingerprint density at radius 1 is 1.32 bits per heavy atom. The first-order valence-electron chi connectivity index (χ1n) is 7.16. The van der Waals surface area contributed by atoms with Gasteiger partial charge in [-0.2, -0.15) is 4.31 Å². The van der Waals surface area contributed by atoms with Crippen LogP contribution in [0, 0.1) is 29.9 Å². The van der Waals surface area contributed by atoms with E-state index in [-0.39, 0.29) is 35.6 Å². The average molecular weight is 327 g/mol. The van der Waals surface area contributed by atoms with Gasteiger partial charge in [0.05, 0.1) is 4.92 Å². The molecule has 0 saturated carbocycles. The van der Waals surface area contributed by atoms with Crippen LogP contribution in [0.15, 0.2) is 17.0 Å². The van der Waals surface area contributed by atoms with Crippen LogP contribution in [0.4, 0.5) is 5.69 Å². The van der Waals surface area contributed by atoms with Crippen molar-refractivity contribution >= 4 is 15.7 Å². The van der Waals surface area contributed by atoms with Crippen LogP contribution in [-0.2, 0) is 10.0 Å². The molecule has 7 nitrogen and oxygen atoms in total. The Bertz CT molecular complexity index is 702. The SMILES string of the molecule is Cc1cc([N+](=O)[O-])c(S(=O)(=O)N2CCC(N)C(C)C2)cc1C. The van der Waals surface area contributed by atoms with Gasteiger partial charge in [-0.3, -0.25) is 10.1 Å². The lowest BCUT2D eigenvalue weighted by Gasteiger charge is -2.34. The summed E-state index contributed by atoms with van der Waals surface area (Å²) in [6.07, 6.45) is 0.555. The Morgan fingerprint density at radius 3 is 2.45 bits per heavy atom. The number of piperidine rings is 1. The van der Waals surface area contributed by atoms with Gasteiger partial charge in [0, 0.05) is 25.2 Å². The van der Waals surface area contributed by atoms with Crippen LogP contribution in [0.25, 0.3) is 0 Å². The minimum absolute atomic E-state index is 0.0223. The second-order valence-electron chi connectivity index (χ2n) is 5.95.